The fraction of sp³-hybridized carbons (Fsp3) is 0.455. The maximum Gasteiger partial charge on any atom is 0.235 e. The molecular formula is C22H28N2O3. The number of hydrogen-bond donors (Lipinski definition) is 1. The number of aromatic nitrogens is 1. The summed E-state index contributed by atoms with van der Waals surface area (Å²) < 4.78 is 10.7. The van der Waals surface area contributed by atoms with E-state index in [1.54, 1.807) is 13.2 Å². The van der Waals surface area contributed by atoms with Crippen LogP contribution in [0.15, 0.2) is 36.4 Å². The van der Waals surface area contributed by atoms with Gasteiger partial charge in [0.2, 0.25) is 11.8 Å². The summed E-state index contributed by atoms with van der Waals surface area (Å²) in [5.74, 6) is 1.42. The van der Waals surface area contributed by atoms with Crippen LogP contribution in [-0.2, 0) is 10.2 Å². The lowest BCUT2D eigenvalue weighted by molar-refractivity contribution is -0.122. The zero-order chi connectivity index (χ0) is 19.3. The van der Waals surface area contributed by atoms with Gasteiger partial charge in [0.1, 0.15) is 5.75 Å². The monoisotopic (exact) mass is 368 g/mol. The summed E-state index contributed by atoms with van der Waals surface area (Å²) in [7, 11) is 1.65. The SMILES string of the molecule is CCOc1ccc(NC(=O)C2(c3ccc(OC)cc3)CCCCC2)c(C)n1. The minimum Gasteiger partial charge on any atom is -0.497 e. The van der Waals surface area contributed by atoms with Gasteiger partial charge in [0.25, 0.3) is 0 Å². The first-order valence-corrected chi connectivity index (χ1v) is 9.65. The van der Waals surface area contributed by atoms with Gasteiger partial charge in [0.15, 0.2) is 0 Å². The Morgan fingerprint density at radius 3 is 2.41 bits per heavy atom. The molecule has 1 amide bonds. The third-order valence-electron chi connectivity index (χ3n) is 5.39. The number of benzene rings is 1. The van der Waals surface area contributed by atoms with E-state index in [1.165, 1.54) is 6.42 Å². The molecule has 5 nitrogen and oxygen atoms in total. The number of aryl methyl sites for hydroxylation is 1. The maximum absolute atomic E-state index is 13.4. The first kappa shape index (κ1) is 19.2. The molecule has 2 aromatic rings. The molecule has 3 rings (SSSR count). The zero-order valence-electron chi connectivity index (χ0n) is 16.4. The quantitative estimate of drug-likeness (QED) is 0.807. The number of ether oxygens (including phenoxy) is 2. The van der Waals surface area contributed by atoms with Crippen LogP contribution in [0.25, 0.3) is 0 Å². The molecule has 0 atom stereocenters. The Morgan fingerprint density at radius 1 is 1.11 bits per heavy atom. The Kier molecular flexibility index (Phi) is 5.99. The van der Waals surface area contributed by atoms with Crippen LogP contribution in [0.1, 0.15) is 50.3 Å². The largest absolute Gasteiger partial charge is 0.497 e. The highest BCUT2D eigenvalue weighted by Crippen LogP contribution is 2.41. The van der Waals surface area contributed by atoms with Crippen molar-refractivity contribution in [3.05, 3.63) is 47.7 Å². The first-order valence-electron chi connectivity index (χ1n) is 9.65. The van der Waals surface area contributed by atoms with Gasteiger partial charge in [0.05, 0.1) is 30.5 Å². The molecule has 0 radical (unpaired) electrons. The van der Waals surface area contributed by atoms with E-state index in [9.17, 15) is 4.79 Å². The van der Waals surface area contributed by atoms with Gasteiger partial charge in [-0.15, -0.1) is 0 Å². The van der Waals surface area contributed by atoms with Crippen LogP contribution in [0.3, 0.4) is 0 Å². The highest BCUT2D eigenvalue weighted by molar-refractivity contribution is 5.99. The lowest BCUT2D eigenvalue weighted by Gasteiger charge is -2.36. The molecule has 0 bridgehead atoms. The van der Waals surface area contributed by atoms with Gasteiger partial charge in [-0.2, -0.15) is 0 Å². The molecule has 27 heavy (non-hydrogen) atoms. The average Bonchev–Trinajstić information content (AvgIpc) is 2.71. The maximum atomic E-state index is 13.4. The molecule has 1 N–H and O–H groups in total. The Balaban J connectivity index is 1.87. The van der Waals surface area contributed by atoms with E-state index in [-0.39, 0.29) is 5.91 Å². The third-order valence-corrected chi connectivity index (χ3v) is 5.39. The molecule has 144 valence electrons. The van der Waals surface area contributed by atoms with Crippen molar-refractivity contribution in [1.29, 1.82) is 0 Å². The van der Waals surface area contributed by atoms with Crippen molar-refractivity contribution >= 4 is 11.6 Å². The van der Waals surface area contributed by atoms with E-state index < -0.39 is 5.41 Å². The number of carbonyl (C=O) groups excluding carboxylic acids is 1. The Bertz CT molecular complexity index is 781. The molecule has 1 saturated carbocycles. The molecule has 0 saturated heterocycles. The third kappa shape index (κ3) is 4.07. The second kappa shape index (κ2) is 8.42. The van der Waals surface area contributed by atoms with Crippen LogP contribution < -0.4 is 14.8 Å². The van der Waals surface area contributed by atoms with Crippen LogP contribution in [0.2, 0.25) is 0 Å². The Hall–Kier alpha value is -2.56. The van der Waals surface area contributed by atoms with Crippen molar-refractivity contribution < 1.29 is 14.3 Å². The van der Waals surface area contributed by atoms with Gasteiger partial charge >= 0.3 is 0 Å². The number of pyridine rings is 1. The molecule has 1 aromatic heterocycles. The topological polar surface area (TPSA) is 60.5 Å². The summed E-state index contributed by atoms with van der Waals surface area (Å²) in [6.45, 7) is 4.38. The Labute approximate surface area is 161 Å². The molecule has 1 aliphatic carbocycles. The van der Waals surface area contributed by atoms with E-state index in [0.717, 1.165) is 48.4 Å². The van der Waals surface area contributed by atoms with Gasteiger partial charge in [-0.1, -0.05) is 31.4 Å². The molecular weight excluding hydrogens is 340 g/mol. The number of nitrogens with one attached hydrogen (secondary N) is 1. The van der Waals surface area contributed by atoms with Crippen molar-refractivity contribution in [2.45, 2.75) is 51.4 Å². The second-order valence-corrected chi connectivity index (χ2v) is 7.04. The number of hydrogen-bond acceptors (Lipinski definition) is 4. The highest BCUT2D eigenvalue weighted by atomic mass is 16.5. The van der Waals surface area contributed by atoms with Gasteiger partial charge in [-0.25, -0.2) is 4.98 Å². The normalized spacial score (nSPS) is 15.8. The smallest absolute Gasteiger partial charge is 0.235 e. The number of rotatable bonds is 6. The van der Waals surface area contributed by atoms with Crippen molar-refractivity contribution in [2.75, 3.05) is 19.0 Å². The molecule has 1 fully saturated rings. The summed E-state index contributed by atoms with van der Waals surface area (Å²) in [5, 5.41) is 3.13. The van der Waals surface area contributed by atoms with Gasteiger partial charge in [-0.05, 0) is 50.5 Å². The lowest BCUT2D eigenvalue weighted by atomic mass is 9.68. The molecule has 1 aliphatic rings. The first-order chi connectivity index (χ1) is 13.1. The van der Waals surface area contributed by atoms with Crippen molar-refractivity contribution in [3.63, 3.8) is 0 Å². The van der Waals surface area contributed by atoms with Crippen LogP contribution in [0, 0.1) is 6.92 Å². The van der Waals surface area contributed by atoms with Gasteiger partial charge in [-0.3, -0.25) is 4.79 Å². The summed E-state index contributed by atoms with van der Waals surface area (Å²) in [6.07, 6.45) is 5.00. The summed E-state index contributed by atoms with van der Waals surface area (Å²) in [5.41, 5.74) is 2.05. The summed E-state index contributed by atoms with van der Waals surface area (Å²) in [6, 6.07) is 11.6. The fourth-order valence-electron chi connectivity index (χ4n) is 3.85. The summed E-state index contributed by atoms with van der Waals surface area (Å²) >= 11 is 0. The molecule has 0 unspecified atom stereocenters. The number of nitrogens with zero attached hydrogens (tertiary/aromatic N) is 1. The molecule has 0 aliphatic heterocycles. The lowest BCUT2D eigenvalue weighted by Crippen LogP contribution is -2.42. The van der Waals surface area contributed by atoms with Crippen LogP contribution in [0.5, 0.6) is 11.6 Å². The van der Waals surface area contributed by atoms with Crippen molar-refractivity contribution in [2.24, 2.45) is 0 Å². The zero-order valence-corrected chi connectivity index (χ0v) is 16.4. The van der Waals surface area contributed by atoms with Gasteiger partial charge < -0.3 is 14.8 Å². The standard InChI is InChI=1S/C22H28N2O3/c1-4-27-20-13-12-19(16(2)23-20)24-21(25)22(14-6-5-7-15-22)17-8-10-18(26-3)11-9-17/h8-13H,4-7,14-15H2,1-3H3,(H,24,25). The van der Waals surface area contributed by atoms with E-state index in [2.05, 4.69) is 10.3 Å². The molecule has 1 heterocycles. The molecule has 1 aromatic carbocycles. The average molecular weight is 368 g/mol. The van der Waals surface area contributed by atoms with E-state index in [1.807, 2.05) is 44.2 Å². The highest BCUT2D eigenvalue weighted by Gasteiger charge is 2.41. The van der Waals surface area contributed by atoms with E-state index >= 15 is 0 Å². The number of anilines is 1. The Morgan fingerprint density at radius 2 is 1.81 bits per heavy atom. The summed E-state index contributed by atoms with van der Waals surface area (Å²) in [4.78, 5) is 17.8. The van der Waals surface area contributed by atoms with Crippen molar-refractivity contribution in [1.82, 2.24) is 4.98 Å². The fourth-order valence-corrected chi connectivity index (χ4v) is 3.85. The van der Waals surface area contributed by atoms with Crippen LogP contribution in [0.4, 0.5) is 5.69 Å². The predicted octanol–water partition coefficient (Wildman–Crippen LogP) is 4.64. The van der Waals surface area contributed by atoms with Crippen LogP contribution in [-0.4, -0.2) is 24.6 Å². The minimum absolute atomic E-state index is 0.0430. The van der Waals surface area contributed by atoms with E-state index in [4.69, 9.17) is 9.47 Å². The van der Waals surface area contributed by atoms with Gasteiger partial charge in [0, 0.05) is 6.07 Å². The molecule has 5 heteroatoms. The van der Waals surface area contributed by atoms with Crippen molar-refractivity contribution in [3.8, 4) is 11.6 Å². The number of methoxy groups -OCH3 is 1. The second-order valence-electron chi connectivity index (χ2n) is 7.04. The minimum atomic E-state index is -0.504. The van der Waals surface area contributed by atoms with E-state index in [0.29, 0.717) is 12.5 Å². The predicted molar refractivity (Wildman–Crippen MR) is 107 cm³/mol. The number of amides is 1. The molecule has 0 spiro atoms. The van der Waals surface area contributed by atoms with Crippen LogP contribution >= 0.6 is 0 Å². The number of carbonyl (C=O) groups is 1.